The zero-order valence-electron chi connectivity index (χ0n) is 19.7. The van der Waals surface area contributed by atoms with E-state index in [0.29, 0.717) is 16.9 Å². The first-order chi connectivity index (χ1) is 16.4. The summed E-state index contributed by atoms with van der Waals surface area (Å²) < 4.78 is 7.27. The SMILES string of the molecule is COc1cc(N2CCN(C)c3cc(-c4ccncc4)c(C#N)cc32)c2cc(C)c(=O)n(C)c2c1. The third kappa shape index (κ3) is 3.35. The molecule has 4 aromatic rings. The molecule has 0 saturated carbocycles. The van der Waals surface area contributed by atoms with Gasteiger partial charge in [-0.2, -0.15) is 5.26 Å². The number of anilines is 3. The lowest BCUT2D eigenvalue weighted by Crippen LogP contribution is -2.37. The average Bonchev–Trinajstić information content (AvgIpc) is 2.87. The second-order valence-corrected chi connectivity index (χ2v) is 8.58. The van der Waals surface area contributed by atoms with Gasteiger partial charge < -0.3 is 19.1 Å². The summed E-state index contributed by atoms with van der Waals surface area (Å²) in [7, 11) is 5.48. The maximum Gasteiger partial charge on any atom is 0.253 e. The maximum absolute atomic E-state index is 12.6. The molecule has 0 N–H and O–H groups in total. The molecule has 0 unspecified atom stereocenters. The van der Waals surface area contributed by atoms with E-state index in [2.05, 4.69) is 34.0 Å². The van der Waals surface area contributed by atoms with E-state index in [1.807, 2.05) is 43.3 Å². The number of hydrogen-bond acceptors (Lipinski definition) is 6. The number of methoxy groups -OCH3 is 1. The summed E-state index contributed by atoms with van der Waals surface area (Å²) in [6.45, 7) is 3.37. The van der Waals surface area contributed by atoms with E-state index in [-0.39, 0.29) is 5.56 Å². The highest BCUT2D eigenvalue weighted by Crippen LogP contribution is 2.44. The van der Waals surface area contributed by atoms with Crippen LogP contribution in [0.2, 0.25) is 0 Å². The average molecular weight is 452 g/mol. The summed E-state index contributed by atoms with van der Waals surface area (Å²) in [4.78, 5) is 21.2. The molecule has 0 bridgehead atoms. The normalized spacial score (nSPS) is 13.0. The molecule has 0 aliphatic carbocycles. The fourth-order valence-corrected chi connectivity index (χ4v) is 4.72. The Labute approximate surface area is 198 Å². The van der Waals surface area contributed by atoms with E-state index in [4.69, 9.17) is 4.74 Å². The topological polar surface area (TPSA) is 74.4 Å². The highest BCUT2D eigenvalue weighted by Gasteiger charge is 2.26. The Morgan fingerprint density at radius 1 is 1.00 bits per heavy atom. The van der Waals surface area contributed by atoms with E-state index in [1.54, 1.807) is 31.1 Å². The van der Waals surface area contributed by atoms with Crippen LogP contribution in [-0.2, 0) is 7.05 Å². The van der Waals surface area contributed by atoms with Gasteiger partial charge in [-0.1, -0.05) is 0 Å². The Hall–Kier alpha value is -4.31. The minimum atomic E-state index is -0.0285. The molecule has 2 aromatic carbocycles. The minimum Gasteiger partial charge on any atom is -0.497 e. The highest BCUT2D eigenvalue weighted by molar-refractivity contribution is 5.98. The number of nitriles is 1. The second-order valence-electron chi connectivity index (χ2n) is 8.58. The van der Waals surface area contributed by atoms with Gasteiger partial charge in [0, 0.05) is 68.2 Å². The molecule has 2 aromatic heterocycles. The lowest BCUT2D eigenvalue weighted by Gasteiger charge is -2.38. The first-order valence-electron chi connectivity index (χ1n) is 11.1. The number of nitrogens with zero attached hydrogens (tertiary/aromatic N) is 5. The van der Waals surface area contributed by atoms with Crippen molar-refractivity contribution in [2.45, 2.75) is 6.92 Å². The number of benzene rings is 2. The van der Waals surface area contributed by atoms with E-state index in [9.17, 15) is 10.1 Å². The predicted molar refractivity (Wildman–Crippen MR) is 135 cm³/mol. The number of aryl methyl sites for hydroxylation is 2. The number of aromatic nitrogens is 2. The van der Waals surface area contributed by atoms with Crippen LogP contribution >= 0.6 is 0 Å². The second kappa shape index (κ2) is 8.23. The molecule has 3 heterocycles. The Morgan fingerprint density at radius 2 is 1.76 bits per heavy atom. The lowest BCUT2D eigenvalue weighted by atomic mass is 9.97. The van der Waals surface area contributed by atoms with Crippen molar-refractivity contribution in [3.8, 4) is 22.9 Å². The summed E-state index contributed by atoms with van der Waals surface area (Å²) in [6.07, 6.45) is 3.47. The molecule has 0 amide bonds. The third-order valence-electron chi connectivity index (χ3n) is 6.59. The van der Waals surface area contributed by atoms with Crippen molar-refractivity contribution in [2.75, 3.05) is 37.0 Å². The van der Waals surface area contributed by atoms with Crippen LogP contribution in [0.4, 0.5) is 17.1 Å². The van der Waals surface area contributed by atoms with Gasteiger partial charge in [-0.3, -0.25) is 9.78 Å². The number of likely N-dealkylation sites (N-methyl/N-ethyl adjacent to an activating group) is 1. The van der Waals surface area contributed by atoms with Crippen LogP contribution in [0.1, 0.15) is 11.1 Å². The lowest BCUT2D eigenvalue weighted by molar-refractivity contribution is 0.415. The number of fused-ring (bicyclic) bond motifs is 2. The molecule has 0 atom stereocenters. The Kier molecular flexibility index (Phi) is 5.21. The van der Waals surface area contributed by atoms with Crippen LogP contribution in [0.25, 0.3) is 22.0 Å². The van der Waals surface area contributed by atoms with Crippen LogP contribution in [0.5, 0.6) is 5.75 Å². The van der Waals surface area contributed by atoms with Crippen molar-refractivity contribution in [3.63, 3.8) is 0 Å². The van der Waals surface area contributed by atoms with Crippen LogP contribution in [0.3, 0.4) is 0 Å². The Bertz CT molecular complexity index is 1520. The van der Waals surface area contributed by atoms with Crippen molar-refractivity contribution in [3.05, 3.63) is 76.3 Å². The zero-order chi connectivity index (χ0) is 24.0. The quantitative estimate of drug-likeness (QED) is 0.460. The first-order valence-corrected chi connectivity index (χ1v) is 11.1. The van der Waals surface area contributed by atoms with E-state index < -0.39 is 0 Å². The van der Waals surface area contributed by atoms with Gasteiger partial charge in [0.15, 0.2) is 0 Å². The first kappa shape index (κ1) is 21.5. The van der Waals surface area contributed by atoms with Crippen molar-refractivity contribution < 1.29 is 4.74 Å². The van der Waals surface area contributed by atoms with Crippen molar-refractivity contribution in [1.82, 2.24) is 9.55 Å². The van der Waals surface area contributed by atoms with Crippen LogP contribution in [0, 0.1) is 18.3 Å². The number of hydrogen-bond donors (Lipinski definition) is 0. The van der Waals surface area contributed by atoms with Gasteiger partial charge in [-0.15, -0.1) is 0 Å². The molecule has 34 heavy (non-hydrogen) atoms. The van der Waals surface area contributed by atoms with Gasteiger partial charge in [-0.25, -0.2) is 0 Å². The van der Waals surface area contributed by atoms with Crippen molar-refractivity contribution in [2.24, 2.45) is 7.05 Å². The third-order valence-corrected chi connectivity index (χ3v) is 6.59. The molecule has 0 fully saturated rings. The largest absolute Gasteiger partial charge is 0.497 e. The molecule has 1 aliphatic heterocycles. The molecule has 7 heteroatoms. The van der Waals surface area contributed by atoms with Gasteiger partial charge in [0.1, 0.15) is 5.75 Å². The molecular weight excluding hydrogens is 426 g/mol. The van der Waals surface area contributed by atoms with Crippen LogP contribution < -0.4 is 20.1 Å². The maximum atomic E-state index is 12.6. The monoisotopic (exact) mass is 451 g/mol. The van der Waals surface area contributed by atoms with E-state index in [1.165, 1.54) is 0 Å². The van der Waals surface area contributed by atoms with Crippen LogP contribution in [0.15, 0.2) is 59.7 Å². The molecular formula is C27H25N5O2. The van der Waals surface area contributed by atoms with Gasteiger partial charge >= 0.3 is 0 Å². The number of ether oxygens (including phenoxy) is 1. The summed E-state index contributed by atoms with van der Waals surface area (Å²) in [5.41, 5.74) is 6.83. The highest BCUT2D eigenvalue weighted by atomic mass is 16.5. The standard InChI is InChI=1S/C27H25N5O2/c1-17-11-22-23(31(3)27(17)33)13-20(34-4)14-24(22)32-10-9-30(2)25-15-21(18-5-7-29-8-6-18)19(16-28)12-26(25)32/h5-8,11-15H,9-10H2,1-4H3. The molecule has 7 nitrogen and oxygen atoms in total. The van der Waals surface area contributed by atoms with E-state index >= 15 is 0 Å². The number of pyridine rings is 2. The minimum absolute atomic E-state index is 0.0285. The Balaban J connectivity index is 1.78. The summed E-state index contributed by atoms with van der Waals surface area (Å²) in [5, 5.41) is 11.0. The Morgan fingerprint density at radius 3 is 2.47 bits per heavy atom. The summed E-state index contributed by atoms with van der Waals surface area (Å²) in [5.74, 6) is 0.677. The van der Waals surface area contributed by atoms with Crippen LogP contribution in [-0.4, -0.2) is 36.8 Å². The molecule has 0 saturated heterocycles. The fraction of sp³-hybridized carbons (Fsp3) is 0.222. The number of rotatable bonds is 3. The molecule has 5 rings (SSSR count). The smallest absolute Gasteiger partial charge is 0.253 e. The molecule has 1 aliphatic rings. The molecule has 0 radical (unpaired) electrons. The van der Waals surface area contributed by atoms with Gasteiger partial charge in [0.25, 0.3) is 5.56 Å². The molecule has 0 spiro atoms. The van der Waals surface area contributed by atoms with Gasteiger partial charge in [-0.05, 0) is 42.8 Å². The predicted octanol–water partition coefficient (Wildman–Crippen LogP) is 4.38. The summed E-state index contributed by atoms with van der Waals surface area (Å²) in [6, 6.07) is 16.1. The zero-order valence-corrected chi connectivity index (χ0v) is 19.7. The fourth-order valence-electron chi connectivity index (χ4n) is 4.72. The molecule has 170 valence electrons. The van der Waals surface area contributed by atoms with Crippen molar-refractivity contribution >= 4 is 28.0 Å². The summed E-state index contributed by atoms with van der Waals surface area (Å²) >= 11 is 0. The van der Waals surface area contributed by atoms with Crippen molar-refractivity contribution in [1.29, 1.82) is 5.26 Å². The van der Waals surface area contributed by atoms with E-state index in [0.717, 1.165) is 52.2 Å². The van der Waals surface area contributed by atoms with Gasteiger partial charge in [0.05, 0.1) is 41.3 Å². The van der Waals surface area contributed by atoms with Gasteiger partial charge in [0.2, 0.25) is 0 Å².